The predicted octanol–water partition coefficient (Wildman–Crippen LogP) is 3.51. The van der Waals surface area contributed by atoms with E-state index in [-0.39, 0.29) is 14.5 Å². The third-order valence-electron chi connectivity index (χ3n) is 2.71. The molecule has 0 saturated carbocycles. The van der Waals surface area contributed by atoms with Crippen molar-refractivity contribution >= 4 is 56.8 Å². The third kappa shape index (κ3) is 1.64. The van der Waals surface area contributed by atoms with E-state index in [1.54, 1.807) is 0 Å². The summed E-state index contributed by atoms with van der Waals surface area (Å²) in [5.74, 6) is -0.822. The first-order chi connectivity index (χ1) is 8.18. The zero-order chi connectivity index (χ0) is 12.0. The number of benzene rings is 2. The van der Waals surface area contributed by atoms with Crippen molar-refractivity contribution in [1.29, 1.82) is 0 Å². The molecule has 0 aliphatic carbocycles. The van der Waals surface area contributed by atoms with Gasteiger partial charge in [0.1, 0.15) is 0 Å². The van der Waals surface area contributed by atoms with Gasteiger partial charge in [-0.1, -0.05) is 0 Å². The van der Waals surface area contributed by atoms with Gasteiger partial charge in [-0.25, -0.2) is 0 Å². The van der Waals surface area contributed by atoms with Crippen molar-refractivity contribution in [3.63, 3.8) is 0 Å². The van der Waals surface area contributed by atoms with Crippen molar-refractivity contribution in [3.05, 3.63) is 45.3 Å². The molecule has 2 aromatic carbocycles. The predicted molar refractivity (Wildman–Crippen MR) is 73.1 cm³/mol. The number of rotatable bonds is 1. The van der Waals surface area contributed by atoms with E-state index in [1.165, 1.54) is 15.0 Å². The van der Waals surface area contributed by atoms with Crippen LogP contribution >= 0.6 is 15.9 Å². The minimum atomic E-state index is -0.822. The van der Waals surface area contributed by atoms with Gasteiger partial charge in [0.2, 0.25) is 0 Å². The number of hydrogen-bond acceptors (Lipinski definition) is 1. The molecule has 0 atom stereocenters. The average Bonchev–Trinajstić information content (AvgIpc) is 2.67. The van der Waals surface area contributed by atoms with E-state index in [0.29, 0.717) is 4.44 Å². The van der Waals surface area contributed by atoms with Crippen LogP contribution in [0.3, 0.4) is 0 Å². The van der Waals surface area contributed by atoms with E-state index in [2.05, 4.69) is 28.1 Å². The number of carboxylic acid groups (broad SMARTS) is 1. The average molecular weight is 354 g/mol. The van der Waals surface area contributed by atoms with Crippen molar-refractivity contribution < 1.29 is 9.90 Å². The quantitative estimate of drug-likeness (QED) is 0.680. The summed E-state index contributed by atoms with van der Waals surface area (Å²) in [6.07, 6.45) is 0. The molecule has 1 heterocycles. The van der Waals surface area contributed by atoms with E-state index in [9.17, 15) is 4.79 Å². The summed E-state index contributed by atoms with van der Waals surface area (Å²) < 4.78 is 2.41. The van der Waals surface area contributed by atoms with Gasteiger partial charge in [-0.05, 0) is 0 Å². The second kappa shape index (κ2) is 3.98. The van der Waals surface area contributed by atoms with Gasteiger partial charge in [-0.2, -0.15) is 0 Å². The van der Waals surface area contributed by atoms with Gasteiger partial charge in [0.15, 0.2) is 0 Å². The maximum atomic E-state index is 11.1. The fourth-order valence-corrected chi connectivity index (χ4v) is 5.39. The Bertz CT molecular complexity index is 746. The molecule has 0 radical (unpaired) electrons. The van der Waals surface area contributed by atoms with Crippen LogP contribution in [0.2, 0.25) is 0 Å². The number of halogens is 1. The molecular formula is C13H7BrO2Se. The van der Waals surface area contributed by atoms with Crippen molar-refractivity contribution in [2.75, 3.05) is 0 Å². The summed E-state index contributed by atoms with van der Waals surface area (Å²) in [4.78, 5) is 11.1. The SMILES string of the molecule is O=C(O)c1[se]c2c(ccc3ccccc32)c1Br. The molecule has 0 spiro atoms. The topological polar surface area (TPSA) is 37.3 Å². The van der Waals surface area contributed by atoms with E-state index >= 15 is 0 Å². The summed E-state index contributed by atoms with van der Waals surface area (Å²) in [5.41, 5.74) is 0. The van der Waals surface area contributed by atoms with Gasteiger partial charge >= 0.3 is 112 Å². The molecule has 0 unspecified atom stereocenters. The van der Waals surface area contributed by atoms with Gasteiger partial charge in [0.25, 0.3) is 0 Å². The van der Waals surface area contributed by atoms with Crippen molar-refractivity contribution in [2.24, 2.45) is 0 Å². The normalized spacial score (nSPS) is 11.1. The number of hydrogen-bond donors (Lipinski definition) is 1. The minimum absolute atomic E-state index is 0.124. The molecule has 1 aromatic heterocycles. The Morgan fingerprint density at radius 1 is 1.12 bits per heavy atom. The Morgan fingerprint density at radius 3 is 2.65 bits per heavy atom. The molecule has 3 aromatic rings. The van der Waals surface area contributed by atoms with Crippen LogP contribution in [0, 0.1) is 0 Å². The van der Waals surface area contributed by atoms with Crippen molar-refractivity contribution in [3.8, 4) is 0 Å². The number of fused-ring (bicyclic) bond motifs is 3. The Labute approximate surface area is 112 Å². The van der Waals surface area contributed by atoms with E-state index in [0.717, 1.165) is 9.86 Å². The van der Waals surface area contributed by atoms with Crippen LogP contribution in [0.15, 0.2) is 40.9 Å². The molecule has 84 valence electrons. The van der Waals surface area contributed by atoms with Gasteiger partial charge in [0.05, 0.1) is 0 Å². The Kier molecular flexibility index (Phi) is 2.58. The van der Waals surface area contributed by atoms with E-state index in [1.807, 2.05) is 24.3 Å². The van der Waals surface area contributed by atoms with Crippen molar-refractivity contribution in [2.45, 2.75) is 0 Å². The Balaban J connectivity index is 2.51. The van der Waals surface area contributed by atoms with Crippen LogP contribution in [-0.4, -0.2) is 25.6 Å². The number of aromatic carboxylic acids is 1. The maximum absolute atomic E-state index is 11.1. The molecule has 3 rings (SSSR count). The molecule has 4 heteroatoms. The zero-order valence-electron chi connectivity index (χ0n) is 8.61. The molecule has 2 nitrogen and oxygen atoms in total. The molecular weight excluding hydrogens is 347 g/mol. The van der Waals surface area contributed by atoms with Gasteiger partial charge in [-0.3, -0.25) is 0 Å². The molecule has 0 fully saturated rings. The Morgan fingerprint density at radius 2 is 1.88 bits per heavy atom. The van der Waals surface area contributed by atoms with Crippen molar-refractivity contribution in [1.82, 2.24) is 0 Å². The zero-order valence-corrected chi connectivity index (χ0v) is 11.9. The van der Waals surface area contributed by atoms with Gasteiger partial charge in [0, 0.05) is 0 Å². The summed E-state index contributed by atoms with van der Waals surface area (Å²) in [5, 5.41) is 12.5. The first kappa shape index (κ1) is 11.0. The van der Waals surface area contributed by atoms with E-state index < -0.39 is 5.97 Å². The second-order valence-corrected chi connectivity index (χ2v) is 6.65. The first-order valence-corrected chi connectivity index (χ1v) is 7.52. The Hall–Kier alpha value is -1.09. The summed E-state index contributed by atoms with van der Waals surface area (Å²) in [6, 6.07) is 12.1. The van der Waals surface area contributed by atoms with Gasteiger partial charge < -0.3 is 0 Å². The molecule has 1 N–H and O–H groups in total. The number of carbonyl (C=O) groups is 1. The van der Waals surface area contributed by atoms with E-state index in [4.69, 9.17) is 5.11 Å². The van der Waals surface area contributed by atoms with Crippen LogP contribution in [0.4, 0.5) is 0 Å². The molecule has 0 aliphatic rings. The molecule has 0 saturated heterocycles. The standard InChI is InChI=1S/C13H7BrO2Se/c14-10-9-6-5-7-3-1-2-4-8(7)11(9)17-12(10)13(15)16/h1-6H,(H,15,16). The molecule has 0 aliphatic heterocycles. The number of carboxylic acids is 1. The molecule has 0 bridgehead atoms. The van der Waals surface area contributed by atoms with Crippen LogP contribution in [-0.2, 0) is 0 Å². The fraction of sp³-hybridized carbons (Fsp3) is 0. The second-order valence-electron chi connectivity index (χ2n) is 3.71. The summed E-state index contributed by atoms with van der Waals surface area (Å²) in [7, 11) is 0. The van der Waals surface area contributed by atoms with Crippen LogP contribution in [0.25, 0.3) is 20.4 Å². The summed E-state index contributed by atoms with van der Waals surface area (Å²) >= 11 is 3.28. The molecule has 0 amide bonds. The fourth-order valence-electron chi connectivity index (χ4n) is 1.93. The summed E-state index contributed by atoms with van der Waals surface area (Å²) in [6.45, 7) is 0. The van der Waals surface area contributed by atoms with Gasteiger partial charge in [-0.15, -0.1) is 0 Å². The monoisotopic (exact) mass is 354 g/mol. The van der Waals surface area contributed by atoms with Crippen LogP contribution in [0.1, 0.15) is 9.23 Å². The van der Waals surface area contributed by atoms with Crippen LogP contribution in [0.5, 0.6) is 0 Å². The van der Waals surface area contributed by atoms with Crippen LogP contribution < -0.4 is 0 Å². The molecule has 17 heavy (non-hydrogen) atoms. The first-order valence-electron chi connectivity index (χ1n) is 5.01. The third-order valence-corrected chi connectivity index (χ3v) is 6.70.